The Labute approximate surface area is 103 Å². The van der Waals surface area contributed by atoms with E-state index in [0.717, 1.165) is 0 Å². The van der Waals surface area contributed by atoms with Gasteiger partial charge in [0.1, 0.15) is 0 Å². The molecule has 7 nitrogen and oxygen atoms in total. The van der Waals surface area contributed by atoms with Gasteiger partial charge in [0.25, 0.3) is 5.91 Å². The average Bonchev–Trinajstić information content (AvgIpc) is 2.37. The lowest BCUT2D eigenvalue weighted by Gasteiger charge is -2.11. The molecule has 0 spiro atoms. The number of methoxy groups -OCH3 is 2. The molecule has 1 aromatic rings. The van der Waals surface area contributed by atoms with E-state index in [1.807, 2.05) is 0 Å². The highest BCUT2D eigenvalue weighted by molar-refractivity contribution is 6.07. The number of benzene rings is 1. The van der Waals surface area contributed by atoms with E-state index < -0.39 is 17.9 Å². The summed E-state index contributed by atoms with van der Waals surface area (Å²) in [7, 11) is 2.93. The van der Waals surface area contributed by atoms with Crippen LogP contribution >= 0.6 is 0 Å². The quantitative estimate of drug-likeness (QED) is 0.640. The number of carbonyl (C=O) groups is 2. The summed E-state index contributed by atoms with van der Waals surface area (Å²) in [4.78, 5) is 21.9. The first-order valence-corrected chi connectivity index (χ1v) is 5.01. The Morgan fingerprint density at radius 1 is 1.28 bits per heavy atom. The minimum atomic E-state index is -1.61. The van der Waals surface area contributed by atoms with Crippen LogP contribution in [0.1, 0.15) is 0 Å². The standard InChI is InChI=1S/C11H14N2O5/c1-17-7-4-3-6(5-8(7)18-2)13-10(14)9(12)11(15)16/h3-5,9H,12H2,1-2H3,(H,13,14)(H,15,16). The van der Waals surface area contributed by atoms with E-state index in [0.29, 0.717) is 17.2 Å². The first-order chi connectivity index (χ1) is 8.49. The molecule has 0 aliphatic rings. The van der Waals surface area contributed by atoms with Crippen molar-refractivity contribution in [2.75, 3.05) is 19.5 Å². The molecule has 0 heterocycles. The Morgan fingerprint density at radius 3 is 2.39 bits per heavy atom. The van der Waals surface area contributed by atoms with Crippen LogP contribution in [0.5, 0.6) is 11.5 Å². The Balaban J connectivity index is 2.86. The minimum Gasteiger partial charge on any atom is -0.493 e. The van der Waals surface area contributed by atoms with Crippen LogP contribution in [-0.2, 0) is 9.59 Å². The molecule has 98 valence electrons. The third-order valence-corrected chi connectivity index (χ3v) is 2.20. The fraction of sp³-hybridized carbons (Fsp3) is 0.273. The number of amides is 1. The van der Waals surface area contributed by atoms with E-state index >= 15 is 0 Å². The van der Waals surface area contributed by atoms with Crippen LogP contribution < -0.4 is 20.5 Å². The van der Waals surface area contributed by atoms with E-state index in [4.69, 9.17) is 20.3 Å². The van der Waals surface area contributed by atoms with Gasteiger partial charge in [0.2, 0.25) is 0 Å². The first kappa shape index (κ1) is 13.8. The Kier molecular flexibility index (Phi) is 4.50. The third kappa shape index (κ3) is 3.11. The molecule has 0 aliphatic carbocycles. The molecule has 0 fully saturated rings. The van der Waals surface area contributed by atoms with Crippen LogP contribution in [0.25, 0.3) is 0 Å². The van der Waals surface area contributed by atoms with Gasteiger partial charge in [0.15, 0.2) is 17.5 Å². The van der Waals surface area contributed by atoms with Crippen molar-refractivity contribution in [1.29, 1.82) is 0 Å². The molecule has 1 unspecified atom stereocenters. The van der Waals surface area contributed by atoms with E-state index in [9.17, 15) is 9.59 Å². The average molecular weight is 254 g/mol. The van der Waals surface area contributed by atoms with Crippen LogP contribution in [0.15, 0.2) is 18.2 Å². The van der Waals surface area contributed by atoms with Gasteiger partial charge >= 0.3 is 5.97 Å². The molecule has 1 aromatic carbocycles. The molecular weight excluding hydrogens is 240 g/mol. The van der Waals surface area contributed by atoms with Gasteiger partial charge in [-0.3, -0.25) is 4.79 Å². The van der Waals surface area contributed by atoms with Gasteiger partial charge in [-0.1, -0.05) is 0 Å². The van der Waals surface area contributed by atoms with Crippen molar-refractivity contribution in [2.45, 2.75) is 6.04 Å². The normalized spacial score (nSPS) is 11.5. The molecule has 0 bridgehead atoms. The van der Waals surface area contributed by atoms with Crippen LogP contribution in [-0.4, -0.2) is 37.2 Å². The van der Waals surface area contributed by atoms with E-state index in [1.54, 1.807) is 12.1 Å². The highest BCUT2D eigenvalue weighted by Crippen LogP contribution is 2.29. The Morgan fingerprint density at radius 2 is 1.89 bits per heavy atom. The van der Waals surface area contributed by atoms with Gasteiger partial charge in [-0.2, -0.15) is 0 Å². The number of nitrogens with two attached hydrogens (primary N) is 1. The van der Waals surface area contributed by atoms with Gasteiger partial charge in [-0.25, -0.2) is 4.79 Å². The predicted molar refractivity (Wildman–Crippen MR) is 63.8 cm³/mol. The summed E-state index contributed by atoms with van der Waals surface area (Å²) >= 11 is 0. The lowest BCUT2D eigenvalue weighted by Crippen LogP contribution is -2.42. The Bertz CT molecular complexity index is 461. The molecule has 1 atom stereocenters. The fourth-order valence-corrected chi connectivity index (χ4v) is 1.25. The predicted octanol–water partition coefficient (Wildman–Crippen LogP) is 0.0542. The zero-order chi connectivity index (χ0) is 13.7. The van der Waals surface area contributed by atoms with Crippen LogP contribution in [0.2, 0.25) is 0 Å². The van der Waals surface area contributed by atoms with Crippen molar-refractivity contribution in [3.63, 3.8) is 0 Å². The maximum atomic E-state index is 11.4. The highest BCUT2D eigenvalue weighted by Gasteiger charge is 2.21. The number of aliphatic carboxylic acids is 1. The fourth-order valence-electron chi connectivity index (χ4n) is 1.25. The molecule has 1 rings (SSSR count). The van der Waals surface area contributed by atoms with Crippen LogP contribution in [0.4, 0.5) is 5.69 Å². The SMILES string of the molecule is COc1ccc(NC(=O)C(N)C(=O)O)cc1OC. The van der Waals surface area contributed by atoms with Gasteiger partial charge < -0.3 is 25.6 Å². The highest BCUT2D eigenvalue weighted by atomic mass is 16.5. The smallest absolute Gasteiger partial charge is 0.330 e. The van der Waals surface area contributed by atoms with Crippen molar-refractivity contribution in [3.05, 3.63) is 18.2 Å². The molecule has 1 amide bonds. The monoisotopic (exact) mass is 254 g/mol. The second-order valence-corrected chi connectivity index (χ2v) is 3.37. The number of ether oxygens (including phenoxy) is 2. The summed E-state index contributed by atoms with van der Waals surface area (Å²) in [5.74, 6) is -1.29. The van der Waals surface area contributed by atoms with Crippen LogP contribution in [0.3, 0.4) is 0 Å². The van der Waals surface area contributed by atoms with E-state index in [2.05, 4.69) is 5.32 Å². The molecule has 0 radical (unpaired) electrons. The molecule has 7 heteroatoms. The molecular formula is C11H14N2O5. The number of rotatable bonds is 5. The van der Waals surface area contributed by atoms with Crippen molar-refractivity contribution in [3.8, 4) is 11.5 Å². The molecule has 0 saturated carbocycles. The number of hydrogen-bond donors (Lipinski definition) is 3. The summed E-state index contributed by atoms with van der Waals surface area (Å²) in [5.41, 5.74) is 5.54. The molecule has 0 aromatic heterocycles. The summed E-state index contributed by atoms with van der Waals surface area (Å²) < 4.78 is 10.1. The number of nitrogens with one attached hydrogen (secondary N) is 1. The third-order valence-electron chi connectivity index (χ3n) is 2.20. The molecule has 18 heavy (non-hydrogen) atoms. The van der Waals surface area contributed by atoms with Crippen molar-refractivity contribution >= 4 is 17.6 Å². The lowest BCUT2D eigenvalue weighted by molar-refractivity contribution is -0.141. The number of hydrogen-bond acceptors (Lipinski definition) is 5. The first-order valence-electron chi connectivity index (χ1n) is 5.01. The zero-order valence-electron chi connectivity index (χ0n) is 9.97. The second kappa shape index (κ2) is 5.87. The largest absolute Gasteiger partial charge is 0.493 e. The topological polar surface area (TPSA) is 111 Å². The second-order valence-electron chi connectivity index (χ2n) is 3.37. The van der Waals surface area contributed by atoms with Gasteiger partial charge in [0, 0.05) is 11.8 Å². The van der Waals surface area contributed by atoms with Crippen molar-refractivity contribution in [2.24, 2.45) is 5.73 Å². The van der Waals surface area contributed by atoms with Crippen LogP contribution in [0, 0.1) is 0 Å². The summed E-state index contributed by atoms with van der Waals surface area (Å²) in [6, 6.07) is 3.03. The minimum absolute atomic E-state index is 0.370. The summed E-state index contributed by atoms with van der Waals surface area (Å²) in [5, 5.41) is 11.0. The van der Waals surface area contributed by atoms with Crippen molar-refractivity contribution < 1.29 is 24.2 Å². The maximum absolute atomic E-state index is 11.4. The molecule has 0 aliphatic heterocycles. The maximum Gasteiger partial charge on any atom is 0.330 e. The number of carboxylic acids is 1. The summed E-state index contributed by atoms with van der Waals surface area (Å²) in [6.07, 6.45) is 0. The lowest BCUT2D eigenvalue weighted by atomic mass is 10.2. The number of carbonyl (C=O) groups excluding carboxylic acids is 1. The van der Waals surface area contributed by atoms with Gasteiger partial charge in [-0.05, 0) is 12.1 Å². The van der Waals surface area contributed by atoms with Gasteiger partial charge in [-0.15, -0.1) is 0 Å². The van der Waals surface area contributed by atoms with E-state index in [1.165, 1.54) is 20.3 Å². The zero-order valence-corrected chi connectivity index (χ0v) is 9.97. The number of anilines is 1. The number of carboxylic acid groups (broad SMARTS) is 1. The van der Waals surface area contributed by atoms with E-state index in [-0.39, 0.29) is 0 Å². The Hall–Kier alpha value is -2.28. The van der Waals surface area contributed by atoms with Crippen molar-refractivity contribution in [1.82, 2.24) is 0 Å². The van der Waals surface area contributed by atoms with Gasteiger partial charge in [0.05, 0.1) is 14.2 Å². The molecule has 4 N–H and O–H groups in total. The molecule has 0 saturated heterocycles. The summed E-state index contributed by atoms with van der Waals surface area (Å²) in [6.45, 7) is 0.